The van der Waals surface area contributed by atoms with Crippen molar-refractivity contribution in [1.29, 1.82) is 0 Å². The molecule has 0 rings (SSSR count). The van der Waals surface area contributed by atoms with E-state index >= 15 is 0 Å². The molecule has 3 heteroatoms. The van der Waals surface area contributed by atoms with Crippen LogP contribution >= 0.6 is 15.9 Å². The molecule has 0 heterocycles. The normalized spacial score (nSPS) is 10.8. The number of carbonyl (C=O) groups is 1. The van der Waals surface area contributed by atoms with Crippen molar-refractivity contribution in [2.45, 2.75) is 96.8 Å². The maximum Gasteiger partial charge on any atom is 0.305 e. The Morgan fingerprint density at radius 3 is 1.71 bits per heavy atom. The molecule has 0 aromatic carbocycles. The molecular formula is C18H35BrO2. The first-order chi connectivity index (χ1) is 10.3. The average molecular weight is 363 g/mol. The molecule has 126 valence electrons. The van der Waals surface area contributed by atoms with Crippen molar-refractivity contribution in [1.82, 2.24) is 0 Å². The molecule has 0 spiro atoms. The summed E-state index contributed by atoms with van der Waals surface area (Å²) in [5.74, 6) is -0.0440. The van der Waals surface area contributed by atoms with Crippen LogP contribution in [0.25, 0.3) is 0 Å². The molecule has 0 radical (unpaired) electrons. The Hall–Kier alpha value is -0.0500. The van der Waals surface area contributed by atoms with Gasteiger partial charge in [0, 0.05) is 11.8 Å². The molecular weight excluding hydrogens is 328 g/mol. The minimum atomic E-state index is -0.0440. The topological polar surface area (TPSA) is 26.3 Å². The van der Waals surface area contributed by atoms with Crippen molar-refractivity contribution in [3.8, 4) is 0 Å². The zero-order valence-corrected chi connectivity index (χ0v) is 15.6. The summed E-state index contributed by atoms with van der Waals surface area (Å²) in [5, 5.41) is 0.876. The highest BCUT2D eigenvalue weighted by Gasteiger charge is 2.01. The monoisotopic (exact) mass is 362 g/mol. The fourth-order valence-corrected chi connectivity index (χ4v) is 2.69. The van der Waals surface area contributed by atoms with Crippen LogP contribution in [0.5, 0.6) is 0 Å². The molecule has 0 atom stereocenters. The summed E-state index contributed by atoms with van der Waals surface area (Å²) in [5.41, 5.74) is 0. The molecule has 2 nitrogen and oxygen atoms in total. The second-order valence-corrected chi connectivity index (χ2v) is 6.70. The Labute approximate surface area is 140 Å². The Morgan fingerprint density at radius 2 is 1.24 bits per heavy atom. The molecule has 21 heavy (non-hydrogen) atoms. The lowest BCUT2D eigenvalue weighted by molar-refractivity contribution is -0.143. The minimum Gasteiger partial charge on any atom is -0.466 e. The maximum absolute atomic E-state index is 11.3. The van der Waals surface area contributed by atoms with Gasteiger partial charge in [-0.25, -0.2) is 0 Å². The van der Waals surface area contributed by atoms with Gasteiger partial charge in [-0.15, -0.1) is 0 Å². The Bertz CT molecular complexity index is 219. The van der Waals surface area contributed by atoms with Gasteiger partial charge >= 0.3 is 5.97 Å². The van der Waals surface area contributed by atoms with E-state index in [0.29, 0.717) is 13.0 Å². The zero-order valence-electron chi connectivity index (χ0n) is 14.0. The van der Waals surface area contributed by atoms with Gasteiger partial charge in [0.05, 0.1) is 6.61 Å². The predicted octanol–water partition coefficient (Wildman–Crippen LogP) is 6.41. The summed E-state index contributed by atoms with van der Waals surface area (Å²) in [6.07, 6.45) is 17.5. The number of halogens is 1. The zero-order chi connectivity index (χ0) is 15.6. The standard InChI is InChI=1S/C18H35BrO2/c1-2-3-4-5-6-7-8-9-10-11-12-13-17-21-18(20)15-14-16-19/h2-17H2,1H3. The summed E-state index contributed by atoms with van der Waals surface area (Å²) in [6.45, 7) is 2.88. The van der Waals surface area contributed by atoms with E-state index in [1.807, 2.05) is 0 Å². The first-order valence-corrected chi connectivity index (χ1v) is 10.1. The predicted molar refractivity (Wildman–Crippen MR) is 95.1 cm³/mol. The smallest absolute Gasteiger partial charge is 0.305 e. The number of hydrogen-bond donors (Lipinski definition) is 0. The molecule has 0 aliphatic carbocycles. The van der Waals surface area contributed by atoms with E-state index in [4.69, 9.17) is 4.74 Å². The largest absolute Gasteiger partial charge is 0.466 e. The molecule has 0 aromatic rings. The first kappa shape index (κ1) is 20.9. The molecule has 0 aliphatic rings. The van der Waals surface area contributed by atoms with Crippen molar-refractivity contribution in [3.63, 3.8) is 0 Å². The molecule has 0 N–H and O–H groups in total. The Balaban J connectivity index is 3.04. The SMILES string of the molecule is CCCCCCCCCCCCCCOC(=O)CCCBr. The number of esters is 1. The quantitative estimate of drug-likeness (QED) is 0.180. The van der Waals surface area contributed by atoms with E-state index in [9.17, 15) is 4.79 Å². The number of carbonyl (C=O) groups excluding carboxylic acids is 1. The summed E-state index contributed by atoms with van der Waals surface area (Å²) in [4.78, 5) is 11.3. The third-order valence-electron chi connectivity index (χ3n) is 3.78. The summed E-state index contributed by atoms with van der Waals surface area (Å²) in [6, 6.07) is 0. The van der Waals surface area contributed by atoms with Crippen LogP contribution in [-0.4, -0.2) is 17.9 Å². The number of hydrogen-bond acceptors (Lipinski definition) is 2. The average Bonchev–Trinajstić information content (AvgIpc) is 2.49. The van der Waals surface area contributed by atoms with E-state index in [-0.39, 0.29) is 5.97 Å². The second kappa shape index (κ2) is 18.0. The summed E-state index contributed by atoms with van der Waals surface area (Å²) < 4.78 is 5.18. The van der Waals surface area contributed by atoms with Crippen LogP contribution in [0.3, 0.4) is 0 Å². The maximum atomic E-state index is 11.3. The number of unbranched alkanes of at least 4 members (excludes halogenated alkanes) is 11. The lowest BCUT2D eigenvalue weighted by Gasteiger charge is -2.04. The minimum absolute atomic E-state index is 0.0440. The molecule has 0 saturated carbocycles. The number of alkyl halides is 1. The van der Waals surface area contributed by atoms with Crippen molar-refractivity contribution in [3.05, 3.63) is 0 Å². The van der Waals surface area contributed by atoms with Gasteiger partial charge in [0.1, 0.15) is 0 Å². The van der Waals surface area contributed by atoms with Crippen molar-refractivity contribution < 1.29 is 9.53 Å². The van der Waals surface area contributed by atoms with Crippen molar-refractivity contribution >= 4 is 21.9 Å². The molecule has 0 bridgehead atoms. The van der Waals surface area contributed by atoms with E-state index < -0.39 is 0 Å². The molecule has 0 aromatic heterocycles. The highest BCUT2D eigenvalue weighted by Crippen LogP contribution is 2.12. The molecule has 0 amide bonds. The van der Waals surface area contributed by atoms with Crippen LogP contribution in [0.4, 0.5) is 0 Å². The molecule has 0 fully saturated rings. The highest BCUT2D eigenvalue weighted by molar-refractivity contribution is 9.09. The van der Waals surface area contributed by atoms with E-state index in [0.717, 1.165) is 18.2 Å². The van der Waals surface area contributed by atoms with Gasteiger partial charge in [0.2, 0.25) is 0 Å². The Kier molecular flexibility index (Phi) is 18.0. The van der Waals surface area contributed by atoms with Gasteiger partial charge in [-0.2, -0.15) is 0 Å². The first-order valence-electron chi connectivity index (χ1n) is 9.02. The van der Waals surface area contributed by atoms with Crippen LogP contribution in [-0.2, 0) is 9.53 Å². The van der Waals surface area contributed by atoms with Crippen LogP contribution in [0, 0.1) is 0 Å². The third-order valence-corrected chi connectivity index (χ3v) is 4.34. The summed E-state index contributed by atoms with van der Waals surface area (Å²) in [7, 11) is 0. The van der Waals surface area contributed by atoms with Crippen molar-refractivity contribution in [2.75, 3.05) is 11.9 Å². The fourth-order valence-electron chi connectivity index (χ4n) is 2.41. The van der Waals surface area contributed by atoms with Crippen LogP contribution < -0.4 is 0 Å². The molecule has 0 unspecified atom stereocenters. The lowest BCUT2D eigenvalue weighted by Crippen LogP contribution is -2.05. The lowest BCUT2D eigenvalue weighted by atomic mass is 10.1. The second-order valence-electron chi connectivity index (χ2n) is 5.90. The summed E-state index contributed by atoms with van der Waals surface area (Å²) >= 11 is 3.31. The van der Waals surface area contributed by atoms with Gasteiger partial charge in [-0.3, -0.25) is 4.79 Å². The van der Waals surface area contributed by atoms with E-state index in [1.165, 1.54) is 70.6 Å². The third kappa shape index (κ3) is 17.9. The van der Waals surface area contributed by atoms with Gasteiger partial charge in [0.15, 0.2) is 0 Å². The van der Waals surface area contributed by atoms with Gasteiger partial charge < -0.3 is 4.74 Å². The number of ether oxygens (including phenoxy) is 1. The van der Waals surface area contributed by atoms with Gasteiger partial charge in [-0.05, 0) is 12.8 Å². The Morgan fingerprint density at radius 1 is 0.762 bits per heavy atom. The van der Waals surface area contributed by atoms with E-state index in [1.54, 1.807) is 0 Å². The molecule has 0 saturated heterocycles. The van der Waals surface area contributed by atoms with Crippen LogP contribution in [0.2, 0.25) is 0 Å². The van der Waals surface area contributed by atoms with Gasteiger partial charge in [-0.1, -0.05) is 93.5 Å². The highest BCUT2D eigenvalue weighted by atomic mass is 79.9. The van der Waals surface area contributed by atoms with Crippen LogP contribution in [0.15, 0.2) is 0 Å². The van der Waals surface area contributed by atoms with Crippen molar-refractivity contribution in [2.24, 2.45) is 0 Å². The molecule has 0 aliphatic heterocycles. The van der Waals surface area contributed by atoms with E-state index in [2.05, 4.69) is 22.9 Å². The number of rotatable bonds is 16. The van der Waals surface area contributed by atoms with Crippen LogP contribution in [0.1, 0.15) is 96.8 Å². The fraction of sp³-hybridized carbons (Fsp3) is 0.944. The van der Waals surface area contributed by atoms with Gasteiger partial charge in [0.25, 0.3) is 0 Å².